The summed E-state index contributed by atoms with van der Waals surface area (Å²) >= 11 is 7.65. The van der Waals surface area contributed by atoms with Crippen molar-refractivity contribution in [3.8, 4) is 0 Å². The molecule has 0 aliphatic heterocycles. The number of rotatable bonds is 4. The van der Waals surface area contributed by atoms with Crippen LogP contribution in [0.2, 0.25) is 5.02 Å². The number of amides is 1. The van der Waals surface area contributed by atoms with E-state index in [1.54, 1.807) is 17.5 Å². The summed E-state index contributed by atoms with van der Waals surface area (Å²) in [5.41, 5.74) is 2.11. The van der Waals surface area contributed by atoms with E-state index >= 15 is 0 Å². The number of aromatic nitrogens is 3. The summed E-state index contributed by atoms with van der Waals surface area (Å²) < 4.78 is 1.81. The molecule has 1 aromatic carbocycles. The van der Waals surface area contributed by atoms with Crippen LogP contribution >= 0.6 is 22.9 Å². The second kappa shape index (κ2) is 6.53. The zero-order valence-corrected chi connectivity index (χ0v) is 14.7. The Morgan fingerprint density at radius 3 is 3.08 bits per heavy atom. The number of halogens is 1. The average Bonchev–Trinajstić information content (AvgIpc) is 3.15. The molecular formula is C17H17ClN4OS. The number of thiazole rings is 1. The van der Waals surface area contributed by atoms with E-state index in [2.05, 4.69) is 15.4 Å². The predicted molar refractivity (Wildman–Crippen MR) is 96.7 cm³/mol. The molecule has 1 aliphatic rings. The second-order valence-electron chi connectivity index (χ2n) is 5.97. The van der Waals surface area contributed by atoms with Gasteiger partial charge in [-0.15, -0.1) is 11.3 Å². The Morgan fingerprint density at radius 1 is 1.33 bits per heavy atom. The molecule has 0 saturated carbocycles. The molecule has 2 heterocycles. The standard InChI is InChI=1S/C17H17ClN4OS/c18-12-6-5-11-10-19-22(14(11)9-12)8-7-16(23)21-17-20-13-3-1-2-4-15(13)24-17/h5-6,9-10H,1-4,7-8H2,(H,20,21,23). The van der Waals surface area contributed by atoms with E-state index in [-0.39, 0.29) is 5.91 Å². The van der Waals surface area contributed by atoms with Crippen LogP contribution in [-0.2, 0) is 24.2 Å². The zero-order chi connectivity index (χ0) is 16.5. The minimum absolute atomic E-state index is 0.0354. The van der Waals surface area contributed by atoms with Crippen LogP contribution in [0.3, 0.4) is 0 Å². The lowest BCUT2D eigenvalue weighted by atomic mass is 10.0. The summed E-state index contributed by atoms with van der Waals surface area (Å²) in [6.45, 7) is 0.515. The van der Waals surface area contributed by atoms with Crippen molar-refractivity contribution in [2.24, 2.45) is 0 Å². The van der Waals surface area contributed by atoms with Crippen molar-refractivity contribution >= 4 is 44.9 Å². The quantitative estimate of drug-likeness (QED) is 0.763. The SMILES string of the molecule is O=C(CCn1ncc2ccc(Cl)cc21)Nc1nc2c(s1)CCCC2. The van der Waals surface area contributed by atoms with Gasteiger partial charge in [0, 0.05) is 21.7 Å². The number of carbonyl (C=O) groups is 1. The van der Waals surface area contributed by atoms with Crippen LogP contribution in [-0.4, -0.2) is 20.7 Å². The molecule has 1 amide bonds. The fraction of sp³-hybridized carbons (Fsp3) is 0.353. The van der Waals surface area contributed by atoms with Crippen LogP contribution in [0.15, 0.2) is 24.4 Å². The predicted octanol–water partition coefficient (Wildman–Crippen LogP) is 4.05. The molecule has 7 heteroatoms. The number of nitrogens with one attached hydrogen (secondary N) is 1. The summed E-state index contributed by atoms with van der Waals surface area (Å²) in [5.74, 6) is -0.0354. The van der Waals surface area contributed by atoms with Gasteiger partial charge in [-0.25, -0.2) is 4.98 Å². The van der Waals surface area contributed by atoms with E-state index in [0.717, 1.165) is 34.6 Å². The van der Waals surface area contributed by atoms with Gasteiger partial charge in [0.05, 0.1) is 24.0 Å². The number of hydrogen-bond acceptors (Lipinski definition) is 4. The first-order chi connectivity index (χ1) is 11.7. The van der Waals surface area contributed by atoms with E-state index in [1.807, 2.05) is 22.9 Å². The Hall–Kier alpha value is -1.92. The molecule has 0 bridgehead atoms. The Kier molecular flexibility index (Phi) is 4.24. The number of benzene rings is 1. The number of anilines is 1. The van der Waals surface area contributed by atoms with Crippen molar-refractivity contribution < 1.29 is 4.79 Å². The maximum atomic E-state index is 12.2. The van der Waals surface area contributed by atoms with E-state index in [0.29, 0.717) is 18.0 Å². The highest BCUT2D eigenvalue weighted by molar-refractivity contribution is 7.15. The molecule has 0 fully saturated rings. The molecule has 0 atom stereocenters. The number of hydrogen-bond donors (Lipinski definition) is 1. The van der Waals surface area contributed by atoms with Gasteiger partial charge in [-0.05, 0) is 43.9 Å². The largest absolute Gasteiger partial charge is 0.302 e. The van der Waals surface area contributed by atoms with E-state index in [9.17, 15) is 4.79 Å². The molecule has 124 valence electrons. The molecule has 1 aliphatic carbocycles. The molecule has 24 heavy (non-hydrogen) atoms. The molecule has 0 saturated heterocycles. The molecule has 2 aromatic heterocycles. The number of nitrogens with zero attached hydrogens (tertiary/aromatic N) is 3. The fourth-order valence-corrected chi connectivity index (χ4v) is 4.25. The van der Waals surface area contributed by atoms with Crippen LogP contribution in [0.25, 0.3) is 10.9 Å². The Morgan fingerprint density at radius 2 is 2.21 bits per heavy atom. The monoisotopic (exact) mass is 360 g/mol. The topological polar surface area (TPSA) is 59.8 Å². The summed E-state index contributed by atoms with van der Waals surface area (Å²) in [4.78, 5) is 18.1. The summed E-state index contributed by atoms with van der Waals surface area (Å²) in [5, 5.41) is 9.67. The highest BCUT2D eigenvalue weighted by Crippen LogP contribution is 2.29. The van der Waals surface area contributed by atoms with E-state index in [1.165, 1.54) is 17.7 Å². The van der Waals surface area contributed by atoms with Gasteiger partial charge in [-0.2, -0.15) is 5.10 Å². The zero-order valence-electron chi connectivity index (χ0n) is 13.1. The van der Waals surface area contributed by atoms with Gasteiger partial charge in [-0.3, -0.25) is 9.48 Å². The lowest BCUT2D eigenvalue weighted by molar-refractivity contribution is -0.116. The van der Waals surface area contributed by atoms with Gasteiger partial charge >= 0.3 is 0 Å². The summed E-state index contributed by atoms with van der Waals surface area (Å²) in [7, 11) is 0. The molecule has 5 nitrogen and oxygen atoms in total. The Bertz CT molecular complexity index is 878. The number of fused-ring (bicyclic) bond motifs is 2. The Balaban J connectivity index is 1.41. The first kappa shape index (κ1) is 15.6. The maximum Gasteiger partial charge on any atom is 0.228 e. The van der Waals surface area contributed by atoms with Crippen LogP contribution in [0, 0.1) is 0 Å². The van der Waals surface area contributed by atoms with Crippen molar-refractivity contribution in [1.29, 1.82) is 0 Å². The van der Waals surface area contributed by atoms with Crippen molar-refractivity contribution in [3.63, 3.8) is 0 Å². The average molecular weight is 361 g/mol. The lowest BCUT2D eigenvalue weighted by Crippen LogP contribution is -2.15. The number of aryl methyl sites for hydroxylation is 3. The van der Waals surface area contributed by atoms with Gasteiger partial charge in [-0.1, -0.05) is 11.6 Å². The highest BCUT2D eigenvalue weighted by atomic mass is 35.5. The third kappa shape index (κ3) is 3.16. The van der Waals surface area contributed by atoms with Gasteiger partial charge in [0.1, 0.15) is 0 Å². The van der Waals surface area contributed by atoms with Crippen molar-refractivity contribution in [2.45, 2.75) is 38.6 Å². The van der Waals surface area contributed by atoms with E-state index in [4.69, 9.17) is 11.6 Å². The van der Waals surface area contributed by atoms with Crippen molar-refractivity contribution in [2.75, 3.05) is 5.32 Å². The van der Waals surface area contributed by atoms with Crippen LogP contribution in [0.4, 0.5) is 5.13 Å². The smallest absolute Gasteiger partial charge is 0.228 e. The van der Waals surface area contributed by atoms with Crippen LogP contribution in [0.5, 0.6) is 0 Å². The summed E-state index contributed by atoms with van der Waals surface area (Å²) in [6, 6.07) is 5.64. The fourth-order valence-electron chi connectivity index (χ4n) is 3.02. The minimum atomic E-state index is -0.0354. The van der Waals surface area contributed by atoms with Gasteiger partial charge < -0.3 is 5.32 Å². The molecule has 0 radical (unpaired) electrons. The van der Waals surface area contributed by atoms with Crippen LogP contribution < -0.4 is 5.32 Å². The second-order valence-corrected chi connectivity index (χ2v) is 7.49. The summed E-state index contributed by atoms with van der Waals surface area (Å²) in [6.07, 6.45) is 6.67. The third-order valence-electron chi connectivity index (χ3n) is 4.25. The van der Waals surface area contributed by atoms with Crippen molar-refractivity contribution in [1.82, 2.24) is 14.8 Å². The lowest BCUT2D eigenvalue weighted by Gasteiger charge is -2.06. The third-order valence-corrected chi connectivity index (χ3v) is 5.56. The Labute approximate surface area is 148 Å². The van der Waals surface area contributed by atoms with Crippen LogP contribution in [0.1, 0.15) is 29.8 Å². The molecule has 4 rings (SSSR count). The van der Waals surface area contributed by atoms with Gasteiger partial charge in [0.2, 0.25) is 5.91 Å². The normalized spacial score (nSPS) is 13.9. The van der Waals surface area contributed by atoms with E-state index < -0.39 is 0 Å². The number of carbonyl (C=O) groups excluding carboxylic acids is 1. The van der Waals surface area contributed by atoms with Gasteiger partial charge in [0.15, 0.2) is 5.13 Å². The molecule has 0 unspecified atom stereocenters. The maximum absolute atomic E-state index is 12.2. The highest BCUT2D eigenvalue weighted by Gasteiger charge is 2.16. The first-order valence-electron chi connectivity index (χ1n) is 8.08. The molecule has 3 aromatic rings. The van der Waals surface area contributed by atoms with Crippen molar-refractivity contribution in [3.05, 3.63) is 40.0 Å². The van der Waals surface area contributed by atoms with Gasteiger partial charge in [0.25, 0.3) is 0 Å². The first-order valence-corrected chi connectivity index (χ1v) is 9.28. The molecule has 0 spiro atoms. The molecule has 1 N–H and O–H groups in total. The molecular weight excluding hydrogens is 344 g/mol. The minimum Gasteiger partial charge on any atom is -0.302 e.